The third-order valence-electron chi connectivity index (χ3n) is 1.32. The highest BCUT2D eigenvalue weighted by atomic mass is 16.3. The van der Waals surface area contributed by atoms with Gasteiger partial charge in [-0.15, -0.1) is 0 Å². The molecule has 5 heteroatoms. The second-order valence-electron chi connectivity index (χ2n) is 2.23. The Hall–Kier alpha value is -1.91. The molecule has 64 valence electrons. The zero-order valence-electron chi connectivity index (χ0n) is 6.24. The Morgan fingerprint density at radius 2 is 2.17 bits per heavy atom. The van der Waals surface area contributed by atoms with E-state index in [1.54, 1.807) is 12.1 Å². The van der Waals surface area contributed by atoms with Gasteiger partial charge in [-0.25, -0.2) is 4.79 Å². The number of hydrogen-bond donors (Lipinski definition) is 4. The number of phenolic OH excluding ortho intramolecular Hbond substituents is 1. The van der Waals surface area contributed by atoms with Gasteiger partial charge in [-0.2, -0.15) is 0 Å². The van der Waals surface area contributed by atoms with Crippen molar-refractivity contribution in [2.24, 2.45) is 5.73 Å². The lowest BCUT2D eigenvalue weighted by atomic mass is 10.2. The minimum absolute atomic E-state index is 0.103. The van der Waals surface area contributed by atoms with Gasteiger partial charge < -0.3 is 21.9 Å². The van der Waals surface area contributed by atoms with Gasteiger partial charge >= 0.3 is 6.03 Å². The van der Waals surface area contributed by atoms with Crippen LogP contribution in [0.15, 0.2) is 18.2 Å². The van der Waals surface area contributed by atoms with E-state index in [1.165, 1.54) is 6.07 Å². The SMILES string of the molecule is NC(=O)Nc1c(N)cccc1O. The first-order valence-corrected chi connectivity index (χ1v) is 3.25. The Labute approximate surface area is 69.0 Å². The second kappa shape index (κ2) is 3.00. The highest BCUT2D eigenvalue weighted by Gasteiger charge is 2.05. The monoisotopic (exact) mass is 167 g/mol. The van der Waals surface area contributed by atoms with Crippen molar-refractivity contribution in [1.29, 1.82) is 0 Å². The van der Waals surface area contributed by atoms with E-state index in [-0.39, 0.29) is 17.1 Å². The summed E-state index contributed by atoms with van der Waals surface area (Å²) >= 11 is 0. The summed E-state index contributed by atoms with van der Waals surface area (Å²) in [4.78, 5) is 10.4. The number of carbonyl (C=O) groups excluding carboxylic acids is 1. The predicted octanol–water partition coefficient (Wildman–Crippen LogP) is 0.465. The van der Waals surface area contributed by atoms with E-state index in [1.807, 2.05) is 0 Å². The number of nitrogens with two attached hydrogens (primary N) is 2. The summed E-state index contributed by atoms with van der Waals surface area (Å²) in [6.45, 7) is 0. The van der Waals surface area contributed by atoms with Crippen molar-refractivity contribution >= 4 is 17.4 Å². The summed E-state index contributed by atoms with van der Waals surface area (Å²) in [7, 11) is 0. The summed E-state index contributed by atoms with van der Waals surface area (Å²) < 4.78 is 0. The van der Waals surface area contributed by atoms with Crippen molar-refractivity contribution in [2.75, 3.05) is 11.1 Å². The first-order valence-electron chi connectivity index (χ1n) is 3.25. The number of nitrogen functional groups attached to an aromatic ring is 1. The fraction of sp³-hybridized carbons (Fsp3) is 0. The number of amides is 2. The molecule has 0 saturated carbocycles. The summed E-state index contributed by atoms with van der Waals surface area (Å²) in [5.41, 5.74) is 10.7. The van der Waals surface area contributed by atoms with E-state index in [0.29, 0.717) is 0 Å². The van der Waals surface area contributed by atoms with E-state index < -0.39 is 6.03 Å². The molecule has 2 amide bonds. The third kappa shape index (κ3) is 1.57. The molecular weight excluding hydrogens is 158 g/mol. The van der Waals surface area contributed by atoms with Crippen LogP contribution in [-0.4, -0.2) is 11.1 Å². The van der Waals surface area contributed by atoms with E-state index in [4.69, 9.17) is 11.5 Å². The lowest BCUT2D eigenvalue weighted by Crippen LogP contribution is -2.20. The maximum atomic E-state index is 10.4. The maximum Gasteiger partial charge on any atom is 0.316 e. The van der Waals surface area contributed by atoms with Crippen LogP contribution in [0.2, 0.25) is 0 Å². The van der Waals surface area contributed by atoms with Crippen molar-refractivity contribution in [3.05, 3.63) is 18.2 Å². The highest BCUT2D eigenvalue weighted by Crippen LogP contribution is 2.28. The van der Waals surface area contributed by atoms with Gasteiger partial charge in [0.25, 0.3) is 0 Å². The number of para-hydroxylation sites is 1. The molecule has 12 heavy (non-hydrogen) atoms. The number of hydrogen-bond acceptors (Lipinski definition) is 3. The number of phenols is 1. The van der Waals surface area contributed by atoms with E-state index in [9.17, 15) is 9.90 Å². The molecule has 0 fully saturated rings. The van der Waals surface area contributed by atoms with Crippen LogP contribution in [0, 0.1) is 0 Å². The molecule has 1 aromatic rings. The molecule has 0 aliphatic carbocycles. The minimum Gasteiger partial charge on any atom is -0.506 e. The lowest BCUT2D eigenvalue weighted by Gasteiger charge is -2.06. The highest BCUT2D eigenvalue weighted by molar-refractivity contribution is 5.93. The Kier molecular flexibility index (Phi) is 2.05. The molecule has 5 nitrogen and oxygen atoms in total. The fourth-order valence-electron chi connectivity index (χ4n) is 0.817. The Balaban J connectivity index is 3.04. The van der Waals surface area contributed by atoms with Gasteiger partial charge in [0.05, 0.1) is 5.69 Å². The van der Waals surface area contributed by atoms with Gasteiger partial charge in [-0.3, -0.25) is 0 Å². The molecule has 0 aromatic heterocycles. The van der Waals surface area contributed by atoms with Crippen molar-refractivity contribution in [3.63, 3.8) is 0 Å². The Bertz CT molecular complexity index is 291. The first kappa shape index (κ1) is 8.19. The first-order chi connectivity index (χ1) is 5.61. The molecule has 0 bridgehead atoms. The van der Waals surface area contributed by atoms with Crippen molar-refractivity contribution < 1.29 is 9.90 Å². The minimum atomic E-state index is -0.761. The number of anilines is 2. The van der Waals surface area contributed by atoms with Crippen LogP contribution in [-0.2, 0) is 0 Å². The van der Waals surface area contributed by atoms with Crippen LogP contribution in [0.3, 0.4) is 0 Å². The number of benzene rings is 1. The van der Waals surface area contributed by atoms with Crippen molar-refractivity contribution in [3.8, 4) is 5.75 Å². The van der Waals surface area contributed by atoms with E-state index in [2.05, 4.69) is 5.32 Å². The second-order valence-corrected chi connectivity index (χ2v) is 2.23. The molecule has 1 rings (SSSR count). The van der Waals surface area contributed by atoms with E-state index in [0.717, 1.165) is 0 Å². The largest absolute Gasteiger partial charge is 0.506 e. The van der Waals surface area contributed by atoms with Crippen LogP contribution in [0.4, 0.5) is 16.2 Å². The van der Waals surface area contributed by atoms with E-state index >= 15 is 0 Å². The summed E-state index contributed by atoms with van der Waals surface area (Å²) in [6, 6.07) is 3.76. The number of carbonyl (C=O) groups is 1. The van der Waals surface area contributed by atoms with Gasteiger partial charge in [0.1, 0.15) is 11.4 Å². The molecule has 0 aliphatic rings. The van der Waals surface area contributed by atoms with Gasteiger partial charge in [0.15, 0.2) is 0 Å². The molecular formula is C7H9N3O2. The van der Waals surface area contributed by atoms with Crippen LogP contribution >= 0.6 is 0 Å². The van der Waals surface area contributed by atoms with Crippen LogP contribution in [0.1, 0.15) is 0 Å². The lowest BCUT2D eigenvalue weighted by molar-refractivity contribution is 0.259. The molecule has 0 radical (unpaired) electrons. The van der Waals surface area contributed by atoms with Crippen molar-refractivity contribution in [2.45, 2.75) is 0 Å². The summed E-state index contributed by atoms with van der Waals surface area (Å²) in [5.74, 6) is -0.103. The number of nitrogens with one attached hydrogen (secondary N) is 1. The third-order valence-corrected chi connectivity index (χ3v) is 1.32. The number of primary amides is 1. The summed E-state index contributed by atoms with van der Waals surface area (Å²) in [5, 5.41) is 11.4. The van der Waals surface area contributed by atoms with Gasteiger partial charge in [-0.05, 0) is 12.1 Å². The average Bonchev–Trinajstić information content (AvgIpc) is 1.97. The number of urea groups is 1. The Morgan fingerprint density at radius 1 is 1.50 bits per heavy atom. The zero-order chi connectivity index (χ0) is 9.14. The maximum absolute atomic E-state index is 10.4. The normalized spacial score (nSPS) is 9.33. The predicted molar refractivity (Wildman–Crippen MR) is 45.7 cm³/mol. The van der Waals surface area contributed by atoms with Crippen LogP contribution < -0.4 is 16.8 Å². The molecule has 0 atom stereocenters. The number of aromatic hydroxyl groups is 1. The van der Waals surface area contributed by atoms with Crippen LogP contribution in [0.5, 0.6) is 5.75 Å². The molecule has 0 saturated heterocycles. The standard InChI is InChI=1S/C7H9N3O2/c8-4-2-1-3-5(11)6(4)10-7(9)12/h1-3,11H,8H2,(H3,9,10,12). The van der Waals surface area contributed by atoms with Gasteiger partial charge in [-0.1, -0.05) is 6.07 Å². The van der Waals surface area contributed by atoms with Gasteiger partial charge in [0.2, 0.25) is 0 Å². The zero-order valence-corrected chi connectivity index (χ0v) is 6.24. The molecule has 0 unspecified atom stereocenters. The summed E-state index contributed by atoms with van der Waals surface area (Å²) in [6.07, 6.45) is 0. The Morgan fingerprint density at radius 3 is 2.67 bits per heavy atom. The fourth-order valence-corrected chi connectivity index (χ4v) is 0.817. The van der Waals surface area contributed by atoms with Gasteiger partial charge in [0, 0.05) is 0 Å². The molecule has 1 aromatic carbocycles. The molecule has 0 heterocycles. The smallest absolute Gasteiger partial charge is 0.316 e. The quantitative estimate of drug-likeness (QED) is 0.361. The average molecular weight is 167 g/mol. The van der Waals surface area contributed by atoms with Crippen LogP contribution in [0.25, 0.3) is 0 Å². The number of rotatable bonds is 1. The molecule has 6 N–H and O–H groups in total. The van der Waals surface area contributed by atoms with Crippen molar-refractivity contribution in [1.82, 2.24) is 0 Å². The molecule has 0 spiro atoms. The topological polar surface area (TPSA) is 101 Å². The molecule has 0 aliphatic heterocycles.